The molecule has 0 fully saturated rings. The summed E-state index contributed by atoms with van der Waals surface area (Å²) in [5, 5.41) is 10.7. The molecule has 2 heterocycles. The number of carbonyl (C=O) groups is 1. The van der Waals surface area contributed by atoms with Gasteiger partial charge < -0.3 is 9.84 Å². The molecule has 0 radical (unpaired) electrons. The summed E-state index contributed by atoms with van der Waals surface area (Å²) in [4.78, 5) is 16.3. The van der Waals surface area contributed by atoms with E-state index < -0.39 is 5.97 Å². The van der Waals surface area contributed by atoms with Crippen LogP contribution in [0.25, 0.3) is 10.9 Å². The monoisotopic (exact) mass is 291 g/mol. The van der Waals surface area contributed by atoms with E-state index in [0.717, 1.165) is 5.69 Å². The first-order chi connectivity index (χ1) is 9.47. The van der Waals surface area contributed by atoms with Gasteiger partial charge in [0.05, 0.1) is 29.0 Å². The van der Waals surface area contributed by atoms with E-state index in [4.69, 9.17) is 16.3 Å². The number of aromatic nitrogens is 1. The minimum absolute atomic E-state index is 0.0383. The molecular formula is C15H14ClNO3. The highest BCUT2D eigenvalue weighted by molar-refractivity contribution is 6.31. The van der Waals surface area contributed by atoms with Gasteiger partial charge in [-0.2, -0.15) is 0 Å². The fourth-order valence-electron chi connectivity index (χ4n) is 2.86. The molecule has 0 amide bonds. The Morgan fingerprint density at radius 2 is 2.20 bits per heavy atom. The van der Waals surface area contributed by atoms with Gasteiger partial charge in [-0.3, -0.25) is 4.98 Å². The number of rotatable bonds is 1. The molecule has 0 spiro atoms. The van der Waals surface area contributed by atoms with Crippen molar-refractivity contribution >= 4 is 28.5 Å². The van der Waals surface area contributed by atoms with Crippen LogP contribution in [0.3, 0.4) is 0 Å². The van der Waals surface area contributed by atoms with Crippen LogP contribution in [0, 0.1) is 0 Å². The quantitative estimate of drug-likeness (QED) is 0.872. The summed E-state index contributed by atoms with van der Waals surface area (Å²) in [6.45, 7) is 3.83. The number of halogens is 1. The molecule has 2 aromatic rings. The molecule has 1 aromatic heterocycles. The van der Waals surface area contributed by atoms with Gasteiger partial charge in [0, 0.05) is 22.4 Å². The molecule has 20 heavy (non-hydrogen) atoms. The second kappa shape index (κ2) is 4.72. The minimum Gasteiger partial charge on any atom is -0.478 e. The van der Waals surface area contributed by atoms with Crippen LogP contribution in [0.2, 0.25) is 5.02 Å². The van der Waals surface area contributed by atoms with Gasteiger partial charge in [0.25, 0.3) is 0 Å². The third kappa shape index (κ3) is 2.05. The molecule has 1 aliphatic rings. The second-order valence-corrected chi connectivity index (χ2v) is 5.54. The molecule has 1 aliphatic heterocycles. The zero-order valence-corrected chi connectivity index (χ0v) is 11.9. The Kier molecular flexibility index (Phi) is 3.15. The van der Waals surface area contributed by atoms with E-state index in [0.29, 0.717) is 27.9 Å². The van der Waals surface area contributed by atoms with E-state index in [9.17, 15) is 9.90 Å². The lowest BCUT2D eigenvalue weighted by molar-refractivity contribution is -0.00661. The highest BCUT2D eigenvalue weighted by Gasteiger charge is 2.30. The van der Waals surface area contributed by atoms with E-state index in [1.165, 1.54) is 0 Å². The Morgan fingerprint density at radius 1 is 1.45 bits per heavy atom. The molecule has 4 nitrogen and oxygen atoms in total. The van der Waals surface area contributed by atoms with Gasteiger partial charge >= 0.3 is 5.97 Å². The van der Waals surface area contributed by atoms with Gasteiger partial charge in [-0.1, -0.05) is 11.6 Å². The average Bonchev–Trinajstić information content (AvgIpc) is 2.36. The molecule has 5 heteroatoms. The molecule has 0 aliphatic carbocycles. The predicted octanol–water partition coefficient (Wildman–Crippen LogP) is 3.61. The van der Waals surface area contributed by atoms with Crippen molar-refractivity contribution in [1.29, 1.82) is 0 Å². The summed E-state index contributed by atoms with van der Waals surface area (Å²) in [5.74, 6) is -0.971. The number of benzene rings is 1. The second-order valence-electron chi connectivity index (χ2n) is 5.11. The molecule has 2 unspecified atom stereocenters. The van der Waals surface area contributed by atoms with Crippen LogP contribution < -0.4 is 0 Å². The number of aromatic carboxylic acids is 1. The molecule has 2 atom stereocenters. The topological polar surface area (TPSA) is 59.4 Å². The SMILES string of the molecule is CC1Cc2nc3ccc(Cl)cc3c(C(=O)O)c2C(C)O1. The molecule has 1 aromatic carbocycles. The number of hydrogen-bond donors (Lipinski definition) is 1. The van der Waals surface area contributed by atoms with Crippen molar-refractivity contribution < 1.29 is 14.6 Å². The standard InChI is InChI=1S/C15H14ClNO3/c1-7-5-12-13(8(2)20-7)14(15(18)19)10-6-9(16)3-4-11(10)17-12/h3-4,6-8H,5H2,1-2H3,(H,18,19). The van der Waals surface area contributed by atoms with Crippen LogP contribution in [-0.2, 0) is 11.2 Å². The molecule has 104 valence electrons. The van der Waals surface area contributed by atoms with Crippen LogP contribution in [0.5, 0.6) is 0 Å². The maximum Gasteiger partial charge on any atom is 0.336 e. The van der Waals surface area contributed by atoms with Crippen molar-refractivity contribution in [3.05, 3.63) is 40.0 Å². The van der Waals surface area contributed by atoms with E-state index in [1.807, 2.05) is 13.8 Å². The first-order valence-corrected chi connectivity index (χ1v) is 6.86. The van der Waals surface area contributed by atoms with Gasteiger partial charge in [0.15, 0.2) is 0 Å². The lowest BCUT2D eigenvalue weighted by Crippen LogP contribution is -2.26. The van der Waals surface area contributed by atoms with Crippen molar-refractivity contribution in [2.24, 2.45) is 0 Å². The highest BCUT2D eigenvalue weighted by Crippen LogP contribution is 2.36. The highest BCUT2D eigenvalue weighted by atomic mass is 35.5. The Bertz CT molecular complexity index is 714. The van der Waals surface area contributed by atoms with E-state index in [1.54, 1.807) is 18.2 Å². The maximum absolute atomic E-state index is 11.7. The van der Waals surface area contributed by atoms with Crippen LogP contribution in [0.1, 0.15) is 41.6 Å². The fourth-order valence-corrected chi connectivity index (χ4v) is 3.03. The summed E-state index contributed by atoms with van der Waals surface area (Å²) in [5.41, 5.74) is 2.40. The molecule has 0 bridgehead atoms. The zero-order valence-electron chi connectivity index (χ0n) is 11.2. The lowest BCUT2D eigenvalue weighted by atomic mass is 9.92. The number of carboxylic acids is 1. The summed E-state index contributed by atoms with van der Waals surface area (Å²) >= 11 is 5.99. The average molecular weight is 292 g/mol. The van der Waals surface area contributed by atoms with Gasteiger partial charge in [0.1, 0.15) is 0 Å². The number of hydrogen-bond acceptors (Lipinski definition) is 3. The van der Waals surface area contributed by atoms with Crippen molar-refractivity contribution in [3.63, 3.8) is 0 Å². The van der Waals surface area contributed by atoms with E-state index in [2.05, 4.69) is 4.98 Å². The predicted molar refractivity (Wildman–Crippen MR) is 76.4 cm³/mol. The zero-order chi connectivity index (χ0) is 14.4. The first-order valence-electron chi connectivity index (χ1n) is 6.48. The van der Waals surface area contributed by atoms with Crippen LogP contribution >= 0.6 is 11.6 Å². The number of pyridine rings is 1. The third-order valence-electron chi connectivity index (χ3n) is 3.60. The van der Waals surface area contributed by atoms with E-state index in [-0.39, 0.29) is 17.8 Å². The molecular weight excluding hydrogens is 278 g/mol. The van der Waals surface area contributed by atoms with Crippen LogP contribution in [0.15, 0.2) is 18.2 Å². The molecule has 3 rings (SSSR count). The number of ether oxygens (including phenoxy) is 1. The summed E-state index contributed by atoms with van der Waals surface area (Å²) in [7, 11) is 0. The summed E-state index contributed by atoms with van der Waals surface area (Å²) < 4.78 is 5.75. The Hall–Kier alpha value is -1.65. The first kappa shape index (κ1) is 13.3. The van der Waals surface area contributed by atoms with E-state index >= 15 is 0 Å². The van der Waals surface area contributed by atoms with Gasteiger partial charge in [-0.15, -0.1) is 0 Å². The smallest absolute Gasteiger partial charge is 0.336 e. The van der Waals surface area contributed by atoms with Crippen LogP contribution in [0.4, 0.5) is 0 Å². The number of fused-ring (bicyclic) bond motifs is 2. The Balaban J connectivity index is 2.40. The van der Waals surface area contributed by atoms with Crippen molar-refractivity contribution in [1.82, 2.24) is 4.98 Å². The summed E-state index contributed by atoms with van der Waals surface area (Å²) in [6, 6.07) is 5.13. The number of carboxylic acid groups (broad SMARTS) is 1. The number of nitrogens with zero attached hydrogens (tertiary/aromatic N) is 1. The molecule has 0 saturated carbocycles. The Morgan fingerprint density at radius 3 is 2.90 bits per heavy atom. The van der Waals surface area contributed by atoms with Crippen LogP contribution in [-0.4, -0.2) is 22.2 Å². The maximum atomic E-state index is 11.7. The largest absolute Gasteiger partial charge is 0.478 e. The minimum atomic E-state index is -0.971. The third-order valence-corrected chi connectivity index (χ3v) is 3.84. The Labute approximate surface area is 121 Å². The van der Waals surface area contributed by atoms with Gasteiger partial charge in [0.2, 0.25) is 0 Å². The summed E-state index contributed by atoms with van der Waals surface area (Å²) in [6.07, 6.45) is 0.380. The molecule has 1 N–H and O–H groups in total. The fraction of sp³-hybridized carbons (Fsp3) is 0.333. The normalized spacial score (nSPS) is 21.8. The van der Waals surface area contributed by atoms with Crippen molar-refractivity contribution in [3.8, 4) is 0 Å². The van der Waals surface area contributed by atoms with Gasteiger partial charge in [-0.05, 0) is 32.0 Å². The lowest BCUT2D eigenvalue weighted by Gasteiger charge is -2.29. The van der Waals surface area contributed by atoms with Crippen molar-refractivity contribution in [2.45, 2.75) is 32.5 Å². The van der Waals surface area contributed by atoms with Gasteiger partial charge in [-0.25, -0.2) is 4.79 Å². The van der Waals surface area contributed by atoms with Crippen molar-refractivity contribution in [2.75, 3.05) is 0 Å². The molecule has 0 saturated heterocycles.